The average molecular weight is 481 g/mol. The second kappa shape index (κ2) is 9.92. The number of hydrogen-bond donors (Lipinski definition) is 1. The molecule has 0 aromatic heterocycles. The van der Waals surface area contributed by atoms with E-state index in [9.17, 15) is 4.79 Å². The van der Waals surface area contributed by atoms with Gasteiger partial charge in [-0.3, -0.25) is 9.79 Å². The lowest BCUT2D eigenvalue weighted by Gasteiger charge is -2.21. The zero-order valence-corrected chi connectivity index (χ0v) is 18.5. The minimum absolute atomic E-state index is 0. The van der Waals surface area contributed by atoms with Crippen LogP contribution in [0.15, 0.2) is 47.5 Å². The maximum Gasteiger partial charge on any atom is 0.310 e. The van der Waals surface area contributed by atoms with Crippen LogP contribution in [0.4, 0.5) is 0 Å². The van der Waals surface area contributed by atoms with Crippen LogP contribution in [0.5, 0.6) is 0 Å². The maximum atomic E-state index is 11.9. The van der Waals surface area contributed by atoms with Gasteiger partial charge in [0.1, 0.15) is 0 Å². The highest BCUT2D eigenvalue weighted by atomic mass is 127. The Hall–Kier alpha value is -1.83. The summed E-state index contributed by atoms with van der Waals surface area (Å²) in [6, 6.07) is 14.9. The van der Waals surface area contributed by atoms with E-state index in [1.165, 1.54) is 23.4 Å². The minimum atomic E-state index is -0.133. The van der Waals surface area contributed by atoms with Crippen LogP contribution >= 0.6 is 24.0 Å². The van der Waals surface area contributed by atoms with Gasteiger partial charge in [0.15, 0.2) is 5.96 Å². The number of fused-ring (bicyclic) bond motifs is 1. The first-order chi connectivity index (χ1) is 12.6. The molecule has 0 spiro atoms. The molecule has 1 heterocycles. The molecule has 0 amide bonds. The fraction of sp³-hybridized carbons (Fsp3) is 0.429. The van der Waals surface area contributed by atoms with Crippen molar-refractivity contribution < 1.29 is 9.53 Å². The van der Waals surface area contributed by atoms with E-state index in [4.69, 9.17) is 4.74 Å². The number of hydrogen-bond acceptors (Lipinski definition) is 3. The first-order valence-electron chi connectivity index (χ1n) is 9.14. The van der Waals surface area contributed by atoms with Crippen LogP contribution < -0.4 is 5.32 Å². The van der Waals surface area contributed by atoms with Crippen molar-refractivity contribution in [2.45, 2.75) is 13.3 Å². The minimum Gasteiger partial charge on any atom is -0.469 e. The lowest BCUT2D eigenvalue weighted by Crippen LogP contribution is -2.41. The van der Waals surface area contributed by atoms with Gasteiger partial charge in [-0.05, 0) is 28.7 Å². The van der Waals surface area contributed by atoms with E-state index < -0.39 is 0 Å². The normalized spacial score (nSPS) is 19.7. The number of methoxy groups -OCH3 is 1. The molecular formula is C21H28IN3O2. The number of rotatable bonds is 4. The molecular weight excluding hydrogens is 453 g/mol. The Balaban J connectivity index is 0.00000261. The largest absolute Gasteiger partial charge is 0.469 e. The first kappa shape index (κ1) is 21.5. The standard InChI is InChI=1S/C21H27N3O2.HI/c1-15-13-24(14-19(15)20(25)26-3)21(22-2)23-12-11-17-9-6-8-16-7-4-5-10-18(16)17;/h4-10,15,19H,11-14H2,1-3H3,(H,22,23);1H. The Morgan fingerprint density at radius 3 is 2.70 bits per heavy atom. The van der Waals surface area contributed by atoms with Crippen LogP contribution in [0.2, 0.25) is 0 Å². The molecule has 1 saturated heterocycles. The smallest absolute Gasteiger partial charge is 0.310 e. The highest BCUT2D eigenvalue weighted by Crippen LogP contribution is 2.24. The summed E-state index contributed by atoms with van der Waals surface area (Å²) >= 11 is 0. The van der Waals surface area contributed by atoms with Gasteiger partial charge in [0.2, 0.25) is 0 Å². The number of ether oxygens (including phenoxy) is 1. The van der Waals surface area contributed by atoms with E-state index >= 15 is 0 Å². The average Bonchev–Trinajstić information content (AvgIpc) is 3.06. The molecule has 1 N–H and O–H groups in total. The molecule has 1 aliphatic rings. The van der Waals surface area contributed by atoms with Gasteiger partial charge in [-0.15, -0.1) is 24.0 Å². The zero-order chi connectivity index (χ0) is 18.5. The number of nitrogens with one attached hydrogen (secondary N) is 1. The summed E-state index contributed by atoms with van der Waals surface area (Å²) in [6.07, 6.45) is 0.921. The van der Waals surface area contributed by atoms with Crippen molar-refractivity contribution in [2.24, 2.45) is 16.8 Å². The van der Waals surface area contributed by atoms with E-state index in [-0.39, 0.29) is 41.8 Å². The van der Waals surface area contributed by atoms with Gasteiger partial charge in [-0.2, -0.15) is 0 Å². The molecule has 1 aliphatic heterocycles. The number of guanidine groups is 1. The van der Waals surface area contributed by atoms with Crippen molar-refractivity contribution >= 4 is 46.7 Å². The number of halogens is 1. The Labute approximate surface area is 178 Å². The second-order valence-electron chi connectivity index (χ2n) is 6.87. The second-order valence-corrected chi connectivity index (χ2v) is 6.87. The van der Waals surface area contributed by atoms with Gasteiger partial charge >= 0.3 is 5.97 Å². The zero-order valence-electron chi connectivity index (χ0n) is 16.1. The Morgan fingerprint density at radius 2 is 1.96 bits per heavy atom. The number of nitrogens with zero attached hydrogens (tertiary/aromatic N) is 2. The fourth-order valence-electron chi connectivity index (χ4n) is 3.75. The summed E-state index contributed by atoms with van der Waals surface area (Å²) in [5.74, 6) is 0.894. The summed E-state index contributed by atoms with van der Waals surface area (Å²) in [4.78, 5) is 18.4. The van der Waals surface area contributed by atoms with Crippen LogP contribution in [0.1, 0.15) is 12.5 Å². The number of benzene rings is 2. The molecule has 3 rings (SSSR count). The fourth-order valence-corrected chi connectivity index (χ4v) is 3.75. The van der Waals surface area contributed by atoms with E-state index in [1.54, 1.807) is 7.05 Å². The molecule has 2 aromatic rings. The molecule has 2 aromatic carbocycles. The lowest BCUT2D eigenvalue weighted by atomic mass is 9.99. The van der Waals surface area contributed by atoms with Crippen LogP contribution in [-0.4, -0.2) is 50.6 Å². The van der Waals surface area contributed by atoms with E-state index in [2.05, 4.69) is 64.6 Å². The van der Waals surface area contributed by atoms with Crippen molar-refractivity contribution in [1.82, 2.24) is 10.2 Å². The lowest BCUT2D eigenvalue weighted by molar-refractivity contribution is -0.145. The van der Waals surface area contributed by atoms with Crippen molar-refractivity contribution in [3.63, 3.8) is 0 Å². The monoisotopic (exact) mass is 481 g/mol. The van der Waals surface area contributed by atoms with Crippen molar-refractivity contribution in [3.8, 4) is 0 Å². The topological polar surface area (TPSA) is 53.9 Å². The van der Waals surface area contributed by atoms with Gasteiger partial charge in [0.05, 0.1) is 13.0 Å². The summed E-state index contributed by atoms with van der Waals surface area (Å²) in [7, 11) is 3.24. The van der Waals surface area contributed by atoms with Crippen molar-refractivity contribution in [1.29, 1.82) is 0 Å². The Kier molecular flexibility index (Phi) is 7.89. The molecule has 0 radical (unpaired) electrons. The van der Waals surface area contributed by atoms with E-state index in [1.807, 2.05) is 0 Å². The third-order valence-corrected chi connectivity index (χ3v) is 5.18. The van der Waals surface area contributed by atoms with Gasteiger partial charge in [-0.1, -0.05) is 49.4 Å². The Bertz CT molecular complexity index is 804. The summed E-state index contributed by atoms with van der Waals surface area (Å²) in [5.41, 5.74) is 1.33. The molecule has 6 heteroatoms. The third kappa shape index (κ3) is 4.91. The molecule has 0 saturated carbocycles. The summed E-state index contributed by atoms with van der Waals surface area (Å²) in [5, 5.41) is 6.01. The number of carbonyl (C=O) groups excluding carboxylic acids is 1. The van der Waals surface area contributed by atoms with Crippen LogP contribution in [0.3, 0.4) is 0 Å². The molecule has 2 unspecified atom stereocenters. The number of carbonyl (C=O) groups is 1. The van der Waals surface area contributed by atoms with Gasteiger partial charge < -0.3 is 15.0 Å². The molecule has 27 heavy (non-hydrogen) atoms. The van der Waals surface area contributed by atoms with E-state index in [0.29, 0.717) is 6.54 Å². The van der Waals surface area contributed by atoms with Crippen molar-refractivity contribution in [2.75, 3.05) is 33.8 Å². The van der Waals surface area contributed by atoms with Crippen LogP contribution in [0, 0.1) is 11.8 Å². The molecule has 5 nitrogen and oxygen atoms in total. The maximum absolute atomic E-state index is 11.9. The highest BCUT2D eigenvalue weighted by molar-refractivity contribution is 14.0. The molecule has 0 bridgehead atoms. The van der Waals surface area contributed by atoms with Crippen LogP contribution in [0.25, 0.3) is 10.8 Å². The quantitative estimate of drug-likeness (QED) is 0.315. The van der Waals surface area contributed by atoms with E-state index in [0.717, 1.165) is 25.5 Å². The predicted octanol–water partition coefficient (Wildman–Crippen LogP) is 3.32. The predicted molar refractivity (Wildman–Crippen MR) is 121 cm³/mol. The molecule has 0 aliphatic carbocycles. The SMILES string of the molecule is CN=C(NCCc1cccc2ccccc12)N1CC(C)C(C(=O)OC)C1.I. The Morgan fingerprint density at radius 1 is 1.22 bits per heavy atom. The number of aliphatic imine (C=N–C) groups is 1. The van der Waals surface area contributed by atoms with Crippen LogP contribution in [-0.2, 0) is 16.0 Å². The van der Waals surface area contributed by atoms with Gasteiger partial charge in [-0.25, -0.2) is 0 Å². The summed E-state index contributed by atoms with van der Waals surface area (Å²) in [6.45, 7) is 4.36. The molecule has 2 atom stereocenters. The summed E-state index contributed by atoms with van der Waals surface area (Å²) < 4.78 is 4.92. The van der Waals surface area contributed by atoms with Gasteiger partial charge in [0.25, 0.3) is 0 Å². The first-order valence-corrected chi connectivity index (χ1v) is 9.14. The number of likely N-dealkylation sites (tertiary alicyclic amines) is 1. The third-order valence-electron chi connectivity index (χ3n) is 5.18. The van der Waals surface area contributed by atoms with Gasteiger partial charge in [0, 0.05) is 26.7 Å². The van der Waals surface area contributed by atoms with Crippen molar-refractivity contribution in [3.05, 3.63) is 48.0 Å². The molecule has 146 valence electrons. The molecule has 1 fully saturated rings. The number of esters is 1. The highest BCUT2D eigenvalue weighted by Gasteiger charge is 2.36.